The Morgan fingerprint density at radius 3 is 2.57 bits per heavy atom. The van der Waals surface area contributed by atoms with Gasteiger partial charge in [-0.25, -0.2) is 4.98 Å². The Labute approximate surface area is 138 Å². The molecule has 0 atom stereocenters. The van der Waals surface area contributed by atoms with Crippen molar-refractivity contribution in [2.75, 3.05) is 0 Å². The van der Waals surface area contributed by atoms with Crippen LogP contribution in [0.15, 0.2) is 41.0 Å². The molecule has 0 spiro atoms. The first-order chi connectivity index (χ1) is 9.83. The normalized spacial score (nSPS) is 11.5. The molecule has 1 heterocycles. The van der Waals surface area contributed by atoms with Crippen molar-refractivity contribution in [3.8, 4) is 11.6 Å². The zero-order valence-corrected chi connectivity index (χ0v) is 14.6. The Bertz CT molecular complexity index is 609. The number of hydrogen-bond donors (Lipinski definition) is 1. The molecular formula is C16H18BrClN2O. The summed E-state index contributed by atoms with van der Waals surface area (Å²) in [6.45, 7) is 7.18. The van der Waals surface area contributed by atoms with Crippen molar-refractivity contribution in [2.45, 2.75) is 32.9 Å². The molecule has 2 rings (SSSR count). The zero-order chi connectivity index (χ0) is 15.5. The van der Waals surface area contributed by atoms with E-state index in [0.29, 0.717) is 16.7 Å². The molecule has 5 heteroatoms. The van der Waals surface area contributed by atoms with Crippen LogP contribution in [0.4, 0.5) is 0 Å². The summed E-state index contributed by atoms with van der Waals surface area (Å²) in [4.78, 5) is 4.32. The van der Waals surface area contributed by atoms with E-state index < -0.39 is 0 Å². The Morgan fingerprint density at radius 2 is 2.00 bits per heavy atom. The highest BCUT2D eigenvalue weighted by Crippen LogP contribution is 2.31. The van der Waals surface area contributed by atoms with E-state index in [-0.39, 0.29) is 5.54 Å². The van der Waals surface area contributed by atoms with Gasteiger partial charge in [0.05, 0.1) is 4.47 Å². The Balaban J connectivity index is 2.02. The standard InChI is InChI=1S/C16H18BrClN2O/c1-16(2,3)20-10-11-4-7-15(19-9-11)21-14-6-5-12(18)8-13(14)17/h4-9,20H,10H2,1-3H3. The molecule has 0 aliphatic heterocycles. The van der Waals surface area contributed by atoms with Crippen LogP contribution in [0.3, 0.4) is 0 Å². The maximum absolute atomic E-state index is 5.90. The number of nitrogens with zero attached hydrogens (tertiary/aromatic N) is 1. The molecule has 3 nitrogen and oxygen atoms in total. The third-order valence-corrected chi connectivity index (χ3v) is 3.58. The van der Waals surface area contributed by atoms with Gasteiger partial charge in [-0.2, -0.15) is 0 Å². The summed E-state index contributed by atoms with van der Waals surface area (Å²) in [5.74, 6) is 1.24. The van der Waals surface area contributed by atoms with Crippen LogP contribution in [0.2, 0.25) is 5.02 Å². The smallest absolute Gasteiger partial charge is 0.219 e. The van der Waals surface area contributed by atoms with Crippen molar-refractivity contribution >= 4 is 27.5 Å². The Kier molecular flexibility index (Phi) is 5.25. The van der Waals surface area contributed by atoms with Gasteiger partial charge in [0.2, 0.25) is 5.88 Å². The number of hydrogen-bond acceptors (Lipinski definition) is 3. The fourth-order valence-corrected chi connectivity index (χ4v) is 2.38. The van der Waals surface area contributed by atoms with E-state index in [1.54, 1.807) is 12.1 Å². The number of nitrogens with one attached hydrogen (secondary N) is 1. The van der Waals surface area contributed by atoms with E-state index in [4.69, 9.17) is 16.3 Å². The number of rotatable bonds is 4. The van der Waals surface area contributed by atoms with Gasteiger partial charge in [-0.15, -0.1) is 0 Å². The van der Waals surface area contributed by atoms with E-state index in [9.17, 15) is 0 Å². The number of aromatic nitrogens is 1. The molecule has 1 N–H and O–H groups in total. The lowest BCUT2D eigenvalue weighted by molar-refractivity contribution is 0.423. The topological polar surface area (TPSA) is 34.1 Å². The first-order valence-electron chi connectivity index (χ1n) is 6.66. The van der Waals surface area contributed by atoms with Gasteiger partial charge >= 0.3 is 0 Å². The maximum atomic E-state index is 5.90. The molecule has 0 unspecified atom stereocenters. The molecule has 0 fully saturated rings. The molecule has 0 aliphatic carbocycles. The third kappa shape index (κ3) is 5.30. The summed E-state index contributed by atoms with van der Waals surface area (Å²) in [6, 6.07) is 9.25. The highest BCUT2D eigenvalue weighted by Gasteiger charge is 2.09. The molecule has 1 aromatic carbocycles. The van der Waals surface area contributed by atoms with Crippen LogP contribution in [0, 0.1) is 0 Å². The summed E-state index contributed by atoms with van der Waals surface area (Å²) in [5.41, 5.74) is 1.20. The van der Waals surface area contributed by atoms with Crippen LogP contribution in [0.5, 0.6) is 11.6 Å². The first-order valence-corrected chi connectivity index (χ1v) is 7.83. The van der Waals surface area contributed by atoms with Gasteiger partial charge in [0.25, 0.3) is 0 Å². The molecule has 0 amide bonds. The monoisotopic (exact) mass is 368 g/mol. The molecule has 2 aromatic rings. The van der Waals surface area contributed by atoms with E-state index in [2.05, 4.69) is 47.0 Å². The SMILES string of the molecule is CC(C)(C)NCc1ccc(Oc2ccc(Cl)cc2Br)nc1. The lowest BCUT2D eigenvalue weighted by Gasteiger charge is -2.20. The van der Waals surface area contributed by atoms with Gasteiger partial charge in [-0.3, -0.25) is 0 Å². The molecule has 0 radical (unpaired) electrons. The van der Waals surface area contributed by atoms with Crippen LogP contribution in [0.1, 0.15) is 26.3 Å². The molecule has 112 valence electrons. The highest BCUT2D eigenvalue weighted by molar-refractivity contribution is 9.10. The second-order valence-corrected chi connectivity index (χ2v) is 7.08. The second-order valence-electron chi connectivity index (χ2n) is 5.79. The molecule has 0 saturated carbocycles. The van der Waals surface area contributed by atoms with Crippen molar-refractivity contribution in [1.82, 2.24) is 10.3 Å². The molecule has 0 bridgehead atoms. The van der Waals surface area contributed by atoms with Gasteiger partial charge < -0.3 is 10.1 Å². The Morgan fingerprint density at radius 1 is 1.24 bits per heavy atom. The minimum atomic E-state index is 0.0866. The quantitative estimate of drug-likeness (QED) is 0.806. The summed E-state index contributed by atoms with van der Waals surface area (Å²) in [7, 11) is 0. The second kappa shape index (κ2) is 6.77. The van der Waals surface area contributed by atoms with E-state index in [0.717, 1.165) is 16.6 Å². The minimum Gasteiger partial charge on any atom is -0.438 e. The molecule has 0 saturated heterocycles. The first kappa shape index (κ1) is 16.3. The molecule has 0 aliphatic rings. The van der Waals surface area contributed by atoms with Crippen molar-refractivity contribution in [1.29, 1.82) is 0 Å². The van der Waals surface area contributed by atoms with Crippen LogP contribution < -0.4 is 10.1 Å². The lowest BCUT2D eigenvalue weighted by atomic mass is 10.1. The van der Waals surface area contributed by atoms with Crippen molar-refractivity contribution in [2.24, 2.45) is 0 Å². The van der Waals surface area contributed by atoms with Crippen molar-refractivity contribution in [3.63, 3.8) is 0 Å². The maximum Gasteiger partial charge on any atom is 0.219 e. The van der Waals surface area contributed by atoms with Crippen molar-refractivity contribution < 1.29 is 4.74 Å². The predicted octanol–water partition coefficient (Wildman–Crippen LogP) is 5.18. The Hall–Kier alpha value is -1.10. The average Bonchev–Trinajstić information content (AvgIpc) is 2.40. The van der Waals surface area contributed by atoms with E-state index in [1.807, 2.05) is 24.4 Å². The molecular weight excluding hydrogens is 352 g/mol. The van der Waals surface area contributed by atoms with Crippen LogP contribution >= 0.6 is 27.5 Å². The third-order valence-electron chi connectivity index (χ3n) is 2.73. The summed E-state index contributed by atoms with van der Waals surface area (Å²) in [5, 5.41) is 4.08. The number of pyridine rings is 1. The van der Waals surface area contributed by atoms with Gasteiger partial charge in [0.1, 0.15) is 5.75 Å². The van der Waals surface area contributed by atoms with Gasteiger partial charge in [0, 0.05) is 29.4 Å². The number of halogens is 2. The van der Waals surface area contributed by atoms with Crippen molar-refractivity contribution in [3.05, 3.63) is 51.6 Å². The number of ether oxygens (including phenoxy) is 1. The summed E-state index contributed by atoms with van der Waals surface area (Å²) < 4.78 is 6.53. The fourth-order valence-electron chi connectivity index (χ4n) is 1.61. The van der Waals surface area contributed by atoms with Gasteiger partial charge in [-0.05, 0) is 60.5 Å². The van der Waals surface area contributed by atoms with Crippen LogP contribution in [0.25, 0.3) is 0 Å². The zero-order valence-electron chi connectivity index (χ0n) is 12.3. The summed E-state index contributed by atoms with van der Waals surface area (Å²) in [6.07, 6.45) is 1.82. The highest BCUT2D eigenvalue weighted by atomic mass is 79.9. The van der Waals surface area contributed by atoms with E-state index >= 15 is 0 Å². The summed E-state index contributed by atoms with van der Waals surface area (Å²) >= 11 is 9.32. The van der Waals surface area contributed by atoms with Gasteiger partial charge in [-0.1, -0.05) is 17.7 Å². The van der Waals surface area contributed by atoms with Gasteiger partial charge in [0.15, 0.2) is 0 Å². The fraction of sp³-hybridized carbons (Fsp3) is 0.312. The number of benzene rings is 1. The minimum absolute atomic E-state index is 0.0866. The average molecular weight is 370 g/mol. The van der Waals surface area contributed by atoms with Crippen LogP contribution in [-0.2, 0) is 6.54 Å². The predicted molar refractivity (Wildman–Crippen MR) is 90.1 cm³/mol. The van der Waals surface area contributed by atoms with Crippen LogP contribution in [-0.4, -0.2) is 10.5 Å². The molecule has 1 aromatic heterocycles. The van der Waals surface area contributed by atoms with E-state index in [1.165, 1.54) is 0 Å². The largest absolute Gasteiger partial charge is 0.438 e. The lowest BCUT2D eigenvalue weighted by Crippen LogP contribution is -2.35. The molecule has 21 heavy (non-hydrogen) atoms.